The summed E-state index contributed by atoms with van der Waals surface area (Å²) in [7, 11) is 0. The Hall–Kier alpha value is -7.98. The highest BCUT2D eigenvalue weighted by molar-refractivity contribution is 5.92. The fourth-order valence-electron chi connectivity index (χ4n) is 8.15. The molecule has 7 aromatic rings. The Morgan fingerprint density at radius 2 is 0.605 bits per heavy atom. The number of aliphatic imine (C=N–C) groups is 2. The van der Waals surface area contributed by atoms with Gasteiger partial charge in [-0.15, -0.1) is 0 Å². The molecule has 0 saturated carbocycles. The second kappa shape index (κ2) is 31.7. The summed E-state index contributed by atoms with van der Waals surface area (Å²) in [6.45, 7) is 5.84. The van der Waals surface area contributed by atoms with E-state index in [-0.39, 0.29) is 0 Å². The number of unbranched alkanes of at least 4 members (excludes halogenated alkanes) is 14. The molecule has 0 aliphatic carbocycles. The minimum Gasteiger partial charge on any atom is -0.494 e. The van der Waals surface area contributed by atoms with E-state index in [9.17, 15) is 9.59 Å². The Kier molecular flexibility index (Phi) is 23.2. The van der Waals surface area contributed by atoms with Crippen LogP contribution in [0, 0.1) is 0 Å². The van der Waals surface area contributed by atoms with Crippen molar-refractivity contribution in [2.45, 2.75) is 117 Å². The van der Waals surface area contributed by atoms with Gasteiger partial charge in [0.1, 0.15) is 46.0 Å². The van der Waals surface area contributed by atoms with Crippen LogP contribution in [0.15, 0.2) is 180 Å². The van der Waals surface area contributed by atoms with Crippen molar-refractivity contribution in [3.8, 4) is 46.0 Å². The Morgan fingerprint density at radius 3 is 0.934 bits per heavy atom. The monoisotopic (exact) mass is 1020 g/mol. The summed E-state index contributed by atoms with van der Waals surface area (Å²) in [5, 5.41) is 0. The van der Waals surface area contributed by atoms with Crippen LogP contribution in [-0.2, 0) is 0 Å². The van der Waals surface area contributed by atoms with Gasteiger partial charge in [0.15, 0.2) is 0 Å². The lowest BCUT2D eigenvalue weighted by Crippen LogP contribution is -2.08. The molecule has 0 spiro atoms. The maximum absolute atomic E-state index is 12.8. The zero-order chi connectivity index (χ0) is 52.8. The first-order valence-electron chi connectivity index (χ1n) is 27.2. The maximum Gasteiger partial charge on any atom is 0.343 e. The molecule has 0 atom stereocenters. The normalized spacial score (nSPS) is 11.2. The highest BCUT2D eigenvalue weighted by Crippen LogP contribution is 2.30. The molecular formula is C66H72N2O8. The summed E-state index contributed by atoms with van der Waals surface area (Å²) in [5.74, 6) is 4.22. The van der Waals surface area contributed by atoms with Crippen LogP contribution in [0.2, 0.25) is 0 Å². The van der Waals surface area contributed by atoms with E-state index in [1.807, 2.05) is 121 Å². The van der Waals surface area contributed by atoms with E-state index in [1.54, 1.807) is 61.0 Å². The molecule has 7 rings (SSSR count). The Bertz CT molecular complexity index is 2630. The van der Waals surface area contributed by atoms with Gasteiger partial charge in [0, 0.05) is 12.4 Å². The predicted octanol–water partition coefficient (Wildman–Crippen LogP) is 18.2. The highest BCUT2D eigenvalue weighted by atomic mass is 16.5. The largest absolute Gasteiger partial charge is 0.494 e. The molecule has 0 unspecified atom stereocenters. The number of ether oxygens (including phenoxy) is 6. The minimum atomic E-state index is -0.426. The quantitative estimate of drug-likeness (QED) is 0.0177. The molecule has 7 aromatic carbocycles. The molecule has 394 valence electrons. The first-order chi connectivity index (χ1) is 37.4. The van der Waals surface area contributed by atoms with Crippen LogP contribution in [0.3, 0.4) is 0 Å². The summed E-state index contributed by atoms with van der Waals surface area (Å²) in [5.41, 5.74) is 4.16. The van der Waals surface area contributed by atoms with E-state index in [1.165, 1.54) is 89.9 Å². The molecule has 0 N–H and O–H groups in total. The van der Waals surface area contributed by atoms with Crippen molar-refractivity contribution in [2.24, 2.45) is 9.98 Å². The van der Waals surface area contributed by atoms with Crippen molar-refractivity contribution < 1.29 is 38.0 Å². The Morgan fingerprint density at radius 1 is 0.329 bits per heavy atom. The zero-order valence-electron chi connectivity index (χ0n) is 44.2. The molecule has 0 bridgehead atoms. The van der Waals surface area contributed by atoms with Gasteiger partial charge in [-0.2, -0.15) is 0 Å². The molecule has 10 heteroatoms. The van der Waals surface area contributed by atoms with Crippen LogP contribution in [0.1, 0.15) is 148 Å². The first-order valence-corrected chi connectivity index (χ1v) is 27.2. The maximum atomic E-state index is 12.8. The average Bonchev–Trinajstić information content (AvgIpc) is 3.45. The number of benzene rings is 7. The van der Waals surface area contributed by atoms with Gasteiger partial charge in [-0.1, -0.05) is 104 Å². The van der Waals surface area contributed by atoms with Crippen LogP contribution >= 0.6 is 0 Å². The van der Waals surface area contributed by atoms with Gasteiger partial charge in [-0.25, -0.2) is 9.59 Å². The zero-order valence-corrected chi connectivity index (χ0v) is 44.2. The standard InChI is InChI=1S/C66H72N2O8/c1-3-5-7-9-11-13-15-17-47-71-57-35-23-53(24-36-57)65(69)75-63-31-19-51(20-32-63)49-67-55-27-39-59(40-28-55)73-61-43-45-62(46-44-61)74-60-41-29-56(30-42-60)68-50-52-21-33-64(34-22-52)76-66(70)54-25-37-58(38-26-54)72-48-18-16-14-12-10-8-6-4-2/h19-46,49-50H,3-18,47-48H2,1-2H3. The lowest BCUT2D eigenvalue weighted by molar-refractivity contribution is 0.0725. The topological polar surface area (TPSA) is 114 Å². The summed E-state index contributed by atoms with van der Waals surface area (Å²) in [4.78, 5) is 34.8. The van der Waals surface area contributed by atoms with Crippen LogP contribution in [-0.4, -0.2) is 37.6 Å². The number of carbonyl (C=O) groups excluding carboxylic acids is 2. The number of hydrogen-bond acceptors (Lipinski definition) is 10. The van der Waals surface area contributed by atoms with Crippen molar-refractivity contribution in [2.75, 3.05) is 13.2 Å². The molecule has 10 nitrogen and oxygen atoms in total. The molecule has 0 saturated heterocycles. The second-order valence-corrected chi connectivity index (χ2v) is 18.8. The fraction of sp³-hybridized carbons (Fsp3) is 0.303. The Labute approximate surface area is 449 Å². The molecule has 0 aliphatic heterocycles. The average molecular weight is 1020 g/mol. The summed E-state index contributed by atoms with van der Waals surface area (Å²) in [6.07, 6.45) is 23.6. The molecule has 0 aliphatic rings. The van der Waals surface area contributed by atoms with E-state index in [0.29, 0.717) is 58.8 Å². The minimum absolute atomic E-state index is 0.426. The van der Waals surface area contributed by atoms with E-state index in [0.717, 1.165) is 46.8 Å². The summed E-state index contributed by atoms with van der Waals surface area (Å²) < 4.78 is 35.1. The van der Waals surface area contributed by atoms with Gasteiger partial charge in [-0.05, 0) is 194 Å². The fourth-order valence-corrected chi connectivity index (χ4v) is 8.15. The molecule has 0 radical (unpaired) electrons. The van der Waals surface area contributed by atoms with Crippen LogP contribution < -0.4 is 28.4 Å². The first kappa shape index (κ1) is 55.8. The van der Waals surface area contributed by atoms with Crippen LogP contribution in [0.4, 0.5) is 11.4 Å². The van der Waals surface area contributed by atoms with Crippen molar-refractivity contribution in [1.29, 1.82) is 0 Å². The Balaban J connectivity index is 0.771. The predicted molar refractivity (Wildman–Crippen MR) is 306 cm³/mol. The third-order valence-electron chi connectivity index (χ3n) is 12.6. The molecule has 0 amide bonds. The van der Waals surface area contributed by atoms with Crippen molar-refractivity contribution in [1.82, 2.24) is 0 Å². The van der Waals surface area contributed by atoms with Crippen LogP contribution in [0.5, 0.6) is 46.0 Å². The van der Waals surface area contributed by atoms with Gasteiger partial charge in [0.25, 0.3) is 0 Å². The molecule has 0 heterocycles. The number of carbonyl (C=O) groups is 2. The number of esters is 2. The molecule has 0 fully saturated rings. The molecule has 0 aromatic heterocycles. The SMILES string of the molecule is CCCCCCCCCCOc1ccc(C(=O)Oc2ccc(C=Nc3ccc(Oc4ccc(Oc5ccc(N=Cc6ccc(OC(=O)c7ccc(OCCCCCCCCCC)cc7)cc6)cc5)cc4)cc3)cc2)cc1. The number of rotatable bonds is 32. The molecule has 76 heavy (non-hydrogen) atoms. The highest BCUT2D eigenvalue weighted by Gasteiger charge is 2.11. The van der Waals surface area contributed by atoms with Crippen molar-refractivity contribution in [3.63, 3.8) is 0 Å². The smallest absolute Gasteiger partial charge is 0.343 e. The van der Waals surface area contributed by atoms with E-state index in [2.05, 4.69) is 23.8 Å². The van der Waals surface area contributed by atoms with E-state index < -0.39 is 11.9 Å². The van der Waals surface area contributed by atoms with Gasteiger partial charge in [0.2, 0.25) is 0 Å². The van der Waals surface area contributed by atoms with Gasteiger partial charge in [-0.3, -0.25) is 9.98 Å². The van der Waals surface area contributed by atoms with Crippen molar-refractivity contribution in [3.05, 3.63) is 192 Å². The number of nitrogens with zero attached hydrogens (tertiary/aromatic N) is 2. The van der Waals surface area contributed by atoms with E-state index >= 15 is 0 Å². The third-order valence-corrected chi connectivity index (χ3v) is 12.6. The number of hydrogen-bond donors (Lipinski definition) is 0. The van der Waals surface area contributed by atoms with Crippen molar-refractivity contribution >= 4 is 35.7 Å². The lowest BCUT2D eigenvalue weighted by atomic mass is 10.1. The third kappa shape index (κ3) is 20.0. The lowest BCUT2D eigenvalue weighted by Gasteiger charge is -2.09. The second-order valence-electron chi connectivity index (χ2n) is 18.8. The van der Waals surface area contributed by atoms with Gasteiger partial charge in [0.05, 0.1) is 35.7 Å². The van der Waals surface area contributed by atoms with E-state index in [4.69, 9.17) is 28.4 Å². The van der Waals surface area contributed by atoms with Crippen LogP contribution in [0.25, 0.3) is 0 Å². The van der Waals surface area contributed by atoms with Gasteiger partial charge >= 0.3 is 11.9 Å². The summed E-state index contributed by atoms with van der Waals surface area (Å²) in [6, 6.07) is 51.0. The van der Waals surface area contributed by atoms with Gasteiger partial charge < -0.3 is 28.4 Å². The molecular weight excluding hydrogens is 949 g/mol. The summed E-state index contributed by atoms with van der Waals surface area (Å²) >= 11 is 0.